The Balaban J connectivity index is 1.32. The Labute approximate surface area is 225 Å². The summed E-state index contributed by atoms with van der Waals surface area (Å²) in [5, 5.41) is 21.6. The van der Waals surface area contributed by atoms with Crippen molar-refractivity contribution in [1.29, 1.82) is 0 Å². The van der Waals surface area contributed by atoms with Crippen molar-refractivity contribution < 1.29 is 24.2 Å². The molecule has 206 valence electrons. The molecule has 2 amide bonds. The molecule has 2 aromatic heterocycles. The first-order valence-electron chi connectivity index (χ1n) is 12.7. The number of aliphatic carboxylic acids is 1. The fourth-order valence-electron chi connectivity index (χ4n) is 4.02. The number of nitrogens with zero attached hydrogens (tertiary/aromatic N) is 4. The molecule has 0 spiro atoms. The summed E-state index contributed by atoms with van der Waals surface area (Å²) in [5.41, 5.74) is 1.45. The standard InChI is InChI=1S/C26H32N8O5/c1-17-30-22(29-15-20(24(36)37)32-26(38)39-16-18-7-3-2-4-8-18)19-10-14-34(23(19)31-17)13-5-9-21(35)33-25-27-11-6-12-28-25/h2-4,7-8,10,14,20H,5-6,9,11-13,15-16H2,1H3,(H,32,38)(H,36,37)(H,29,30,31)(H2,27,28,33,35)/t20-/m0/s1. The van der Waals surface area contributed by atoms with Gasteiger partial charge in [0.05, 0.1) is 5.39 Å². The van der Waals surface area contributed by atoms with Gasteiger partial charge in [-0.3, -0.25) is 15.1 Å². The van der Waals surface area contributed by atoms with Crippen molar-refractivity contribution in [2.45, 2.75) is 45.4 Å². The number of benzene rings is 1. The van der Waals surface area contributed by atoms with Crippen molar-refractivity contribution in [1.82, 2.24) is 30.5 Å². The first-order chi connectivity index (χ1) is 18.9. The molecule has 13 nitrogen and oxygen atoms in total. The Morgan fingerprint density at radius 3 is 2.74 bits per heavy atom. The van der Waals surface area contributed by atoms with Crippen LogP contribution >= 0.6 is 0 Å². The number of guanidine groups is 1. The molecule has 0 aliphatic carbocycles. The summed E-state index contributed by atoms with van der Waals surface area (Å²) in [4.78, 5) is 49.4. The van der Waals surface area contributed by atoms with E-state index in [-0.39, 0.29) is 19.1 Å². The molecule has 4 rings (SSSR count). The van der Waals surface area contributed by atoms with Crippen LogP contribution in [0.3, 0.4) is 0 Å². The number of ether oxygens (including phenoxy) is 1. The SMILES string of the molecule is Cc1nc(NC[C@H](NC(=O)OCc2ccccc2)C(=O)O)c2ccn(CCCC(=O)NC3=NCCCN3)c2n1. The number of carbonyl (C=O) groups is 3. The van der Waals surface area contributed by atoms with Gasteiger partial charge in [0, 0.05) is 38.8 Å². The molecule has 3 heterocycles. The van der Waals surface area contributed by atoms with Gasteiger partial charge in [-0.2, -0.15) is 0 Å². The summed E-state index contributed by atoms with van der Waals surface area (Å²) < 4.78 is 7.07. The van der Waals surface area contributed by atoms with Crippen molar-refractivity contribution in [3.63, 3.8) is 0 Å². The molecule has 1 atom stereocenters. The largest absolute Gasteiger partial charge is 0.480 e. The number of aryl methyl sites for hydroxylation is 2. The highest BCUT2D eigenvalue weighted by atomic mass is 16.5. The van der Waals surface area contributed by atoms with E-state index < -0.39 is 18.1 Å². The Bertz CT molecular complexity index is 1340. The van der Waals surface area contributed by atoms with Gasteiger partial charge in [0.2, 0.25) is 5.91 Å². The number of rotatable bonds is 11. The van der Waals surface area contributed by atoms with Crippen LogP contribution in [0.5, 0.6) is 0 Å². The van der Waals surface area contributed by atoms with Crippen LogP contribution in [0.2, 0.25) is 0 Å². The third-order valence-electron chi connectivity index (χ3n) is 5.97. The van der Waals surface area contributed by atoms with E-state index in [4.69, 9.17) is 4.74 Å². The number of hydrogen-bond acceptors (Lipinski definition) is 9. The lowest BCUT2D eigenvalue weighted by molar-refractivity contribution is -0.139. The minimum absolute atomic E-state index is 0.0268. The zero-order valence-corrected chi connectivity index (χ0v) is 21.6. The smallest absolute Gasteiger partial charge is 0.408 e. The number of nitrogens with one attached hydrogen (secondary N) is 4. The van der Waals surface area contributed by atoms with Crippen LogP contribution in [-0.2, 0) is 27.5 Å². The maximum atomic E-state index is 12.2. The molecule has 13 heteroatoms. The molecular weight excluding hydrogens is 504 g/mol. The molecule has 3 aromatic rings. The second kappa shape index (κ2) is 13.2. The van der Waals surface area contributed by atoms with Gasteiger partial charge in [0.25, 0.3) is 0 Å². The highest BCUT2D eigenvalue weighted by Crippen LogP contribution is 2.22. The maximum absolute atomic E-state index is 12.2. The number of carboxylic acids is 1. The average molecular weight is 537 g/mol. The van der Waals surface area contributed by atoms with Crippen molar-refractivity contribution in [3.8, 4) is 0 Å². The van der Waals surface area contributed by atoms with E-state index in [1.54, 1.807) is 19.1 Å². The fraction of sp³-hybridized carbons (Fsp3) is 0.385. The fourth-order valence-corrected chi connectivity index (χ4v) is 4.02. The van der Waals surface area contributed by atoms with Crippen LogP contribution in [0, 0.1) is 6.92 Å². The Kier molecular flexibility index (Phi) is 9.27. The van der Waals surface area contributed by atoms with Gasteiger partial charge < -0.3 is 30.4 Å². The van der Waals surface area contributed by atoms with Crippen molar-refractivity contribution in [2.24, 2.45) is 4.99 Å². The number of anilines is 1. The van der Waals surface area contributed by atoms with E-state index in [2.05, 4.69) is 36.2 Å². The zero-order valence-electron chi connectivity index (χ0n) is 21.6. The van der Waals surface area contributed by atoms with Crippen LogP contribution in [0.4, 0.5) is 10.6 Å². The minimum Gasteiger partial charge on any atom is -0.480 e. The van der Waals surface area contributed by atoms with Gasteiger partial charge in [-0.1, -0.05) is 30.3 Å². The maximum Gasteiger partial charge on any atom is 0.408 e. The number of hydrogen-bond donors (Lipinski definition) is 5. The van der Waals surface area contributed by atoms with Crippen LogP contribution in [0.15, 0.2) is 47.6 Å². The second-order valence-electron chi connectivity index (χ2n) is 9.01. The number of fused-ring (bicyclic) bond motifs is 1. The molecule has 0 unspecified atom stereocenters. The van der Waals surface area contributed by atoms with Gasteiger partial charge >= 0.3 is 12.1 Å². The molecule has 0 saturated heterocycles. The van der Waals surface area contributed by atoms with Crippen LogP contribution in [0.1, 0.15) is 30.7 Å². The molecule has 1 aromatic carbocycles. The number of amides is 2. The Morgan fingerprint density at radius 2 is 2.00 bits per heavy atom. The molecule has 1 aliphatic rings. The normalized spacial score (nSPS) is 13.6. The average Bonchev–Trinajstić information content (AvgIpc) is 3.33. The first-order valence-corrected chi connectivity index (χ1v) is 12.7. The van der Waals surface area contributed by atoms with Crippen molar-refractivity contribution >= 4 is 40.8 Å². The molecule has 0 radical (unpaired) electrons. The molecule has 0 fully saturated rings. The van der Waals surface area contributed by atoms with E-state index in [1.807, 2.05) is 35.0 Å². The lowest BCUT2D eigenvalue weighted by Crippen LogP contribution is -2.45. The summed E-state index contributed by atoms with van der Waals surface area (Å²) in [5.74, 6) is 0.135. The van der Waals surface area contributed by atoms with Crippen LogP contribution in [-0.4, -0.2) is 69.2 Å². The molecule has 0 bridgehead atoms. The highest BCUT2D eigenvalue weighted by Gasteiger charge is 2.22. The van der Waals surface area contributed by atoms with E-state index in [1.165, 1.54) is 0 Å². The molecule has 0 saturated carbocycles. The van der Waals surface area contributed by atoms with Gasteiger partial charge in [-0.15, -0.1) is 0 Å². The summed E-state index contributed by atoms with van der Waals surface area (Å²) in [6.07, 6.45) is 2.88. The molecule has 1 aliphatic heterocycles. The van der Waals surface area contributed by atoms with Gasteiger partial charge in [-0.25, -0.2) is 19.6 Å². The Hall–Kier alpha value is -4.68. The third kappa shape index (κ3) is 7.90. The van der Waals surface area contributed by atoms with Gasteiger partial charge in [-0.05, 0) is 31.4 Å². The summed E-state index contributed by atoms with van der Waals surface area (Å²) in [6, 6.07) is 9.68. The van der Waals surface area contributed by atoms with Crippen molar-refractivity contribution in [2.75, 3.05) is 25.0 Å². The molecule has 39 heavy (non-hydrogen) atoms. The second-order valence-corrected chi connectivity index (χ2v) is 9.01. The van der Waals surface area contributed by atoms with E-state index in [0.717, 1.165) is 18.5 Å². The van der Waals surface area contributed by atoms with E-state index in [0.29, 0.717) is 54.6 Å². The van der Waals surface area contributed by atoms with Crippen LogP contribution in [0.25, 0.3) is 11.0 Å². The Morgan fingerprint density at radius 1 is 1.18 bits per heavy atom. The topological polar surface area (TPSA) is 172 Å². The zero-order chi connectivity index (χ0) is 27.6. The molecular formula is C26H32N8O5. The lowest BCUT2D eigenvalue weighted by atomic mass is 10.2. The summed E-state index contributed by atoms with van der Waals surface area (Å²) in [7, 11) is 0. The monoisotopic (exact) mass is 536 g/mol. The third-order valence-corrected chi connectivity index (χ3v) is 5.97. The van der Waals surface area contributed by atoms with Gasteiger partial charge in [0.1, 0.15) is 29.9 Å². The van der Waals surface area contributed by atoms with E-state index >= 15 is 0 Å². The quantitative estimate of drug-likeness (QED) is 0.245. The number of aliphatic imine (C=N–C) groups is 1. The first kappa shape index (κ1) is 27.4. The minimum atomic E-state index is -1.25. The summed E-state index contributed by atoms with van der Waals surface area (Å²) in [6.45, 7) is 3.70. The number of carbonyl (C=O) groups excluding carboxylic acids is 2. The predicted molar refractivity (Wildman–Crippen MR) is 144 cm³/mol. The number of alkyl carbamates (subject to hydrolysis) is 1. The predicted octanol–water partition coefficient (Wildman–Crippen LogP) is 1.78. The summed E-state index contributed by atoms with van der Waals surface area (Å²) >= 11 is 0. The highest BCUT2D eigenvalue weighted by molar-refractivity contribution is 5.97. The van der Waals surface area contributed by atoms with Crippen LogP contribution < -0.4 is 21.3 Å². The molecule has 5 N–H and O–H groups in total. The number of carboxylic acid groups (broad SMARTS) is 1. The lowest BCUT2D eigenvalue weighted by Gasteiger charge is -2.16. The number of aromatic nitrogens is 3. The van der Waals surface area contributed by atoms with Crippen molar-refractivity contribution in [3.05, 3.63) is 54.0 Å². The van der Waals surface area contributed by atoms with E-state index in [9.17, 15) is 19.5 Å². The van der Waals surface area contributed by atoms with Gasteiger partial charge in [0.15, 0.2) is 5.96 Å².